The summed E-state index contributed by atoms with van der Waals surface area (Å²) in [5.41, 5.74) is 9.27. The molecule has 30 heavy (non-hydrogen) atoms. The molecule has 3 heterocycles. The van der Waals surface area contributed by atoms with Crippen LogP contribution in [0.15, 0.2) is 47.5 Å². The Labute approximate surface area is 171 Å². The molecule has 158 valence electrons. The van der Waals surface area contributed by atoms with E-state index in [2.05, 4.69) is 9.97 Å². The van der Waals surface area contributed by atoms with E-state index in [4.69, 9.17) is 20.4 Å². The van der Waals surface area contributed by atoms with E-state index >= 15 is 0 Å². The number of nitrogens with two attached hydrogens (primary N) is 1. The predicted octanol–water partition coefficient (Wildman–Crippen LogP) is 1.32. The highest BCUT2D eigenvalue weighted by Gasteiger charge is 2.29. The molecule has 0 aliphatic carbocycles. The van der Waals surface area contributed by atoms with Crippen molar-refractivity contribution in [2.45, 2.75) is 37.6 Å². The van der Waals surface area contributed by atoms with Crippen molar-refractivity contribution in [3.8, 4) is 0 Å². The number of esters is 1. The Hall–Kier alpha value is -3.21. The largest absolute Gasteiger partial charge is 0.462 e. The molecule has 0 bridgehead atoms. The zero-order valence-corrected chi connectivity index (χ0v) is 16.2. The van der Waals surface area contributed by atoms with E-state index < -0.39 is 23.9 Å². The van der Waals surface area contributed by atoms with Gasteiger partial charge in [-0.1, -0.05) is 18.2 Å². The van der Waals surface area contributed by atoms with Crippen LogP contribution in [0, 0.1) is 0 Å². The van der Waals surface area contributed by atoms with Crippen LogP contribution in [-0.2, 0) is 20.7 Å². The van der Waals surface area contributed by atoms with Crippen LogP contribution in [0.1, 0.15) is 24.6 Å². The van der Waals surface area contributed by atoms with Gasteiger partial charge in [-0.15, -0.1) is 0 Å². The highest BCUT2D eigenvalue weighted by Crippen LogP contribution is 2.27. The van der Waals surface area contributed by atoms with Crippen molar-refractivity contribution in [1.29, 1.82) is 0 Å². The van der Waals surface area contributed by atoms with Gasteiger partial charge in [0, 0.05) is 29.7 Å². The molecule has 1 aliphatic rings. The van der Waals surface area contributed by atoms with E-state index in [1.165, 1.54) is 16.8 Å². The van der Waals surface area contributed by atoms with Crippen molar-refractivity contribution in [2.75, 3.05) is 12.1 Å². The molecular formula is C20H23N5O5. The molecule has 10 heteroatoms. The number of aromatic nitrogens is 3. The molecule has 3 aromatic rings. The lowest BCUT2D eigenvalue weighted by molar-refractivity contribution is -0.150. The second-order valence-corrected chi connectivity index (χ2v) is 7.20. The molecular weight excluding hydrogens is 390 g/mol. The molecule has 0 radical (unpaired) electrons. The topological polar surface area (TPSA) is 144 Å². The average Bonchev–Trinajstić information content (AvgIpc) is 3.39. The molecule has 10 nitrogen and oxygen atoms in total. The summed E-state index contributed by atoms with van der Waals surface area (Å²) in [6.07, 6.45) is 4.08. The number of fused-ring (bicyclic) bond motifs is 1. The lowest BCUT2D eigenvalue weighted by Crippen LogP contribution is -2.36. The Morgan fingerprint density at radius 3 is 3.03 bits per heavy atom. The predicted molar refractivity (Wildman–Crippen MR) is 108 cm³/mol. The Kier molecular flexibility index (Phi) is 5.79. The van der Waals surface area contributed by atoms with E-state index in [1.807, 2.05) is 35.9 Å². The normalized spacial score (nSPS) is 19.7. The number of nitrogens with zero attached hydrogens (tertiary/aromatic N) is 2. The van der Waals surface area contributed by atoms with Crippen molar-refractivity contribution in [3.05, 3.63) is 58.8 Å². The first-order valence-corrected chi connectivity index (χ1v) is 9.67. The highest BCUT2D eigenvalue weighted by atomic mass is 16.6. The standard InChI is InChI=1S/C20H23N5O5/c21-15(9-12-10-22-16-4-2-1-3-14(12)16)19(26)29-11-13-5-6-18(30-13)25-8-7-17(24-28)23-20(25)27/h1-4,7-8,10,13,15,18,22,28H,5-6,9,11,21H2,(H,23,24,27). The van der Waals surface area contributed by atoms with Crippen LogP contribution in [0.3, 0.4) is 0 Å². The summed E-state index contributed by atoms with van der Waals surface area (Å²) in [6.45, 7) is 0.0649. The Morgan fingerprint density at radius 2 is 2.23 bits per heavy atom. The quantitative estimate of drug-likeness (QED) is 0.335. The molecule has 1 saturated heterocycles. The molecule has 0 amide bonds. The molecule has 1 fully saturated rings. The van der Waals surface area contributed by atoms with Crippen molar-refractivity contribution < 1.29 is 19.5 Å². The number of benzene rings is 1. The Balaban J connectivity index is 1.29. The molecule has 1 aromatic carbocycles. The second-order valence-electron chi connectivity index (χ2n) is 7.20. The van der Waals surface area contributed by atoms with Gasteiger partial charge in [-0.25, -0.2) is 4.79 Å². The lowest BCUT2D eigenvalue weighted by Gasteiger charge is -2.17. The summed E-state index contributed by atoms with van der Waals surface area (Å²) < 4.78 is 12.5. The van der Waals surface area contributed by atoms with Gasteiger partial charge in [-0.3, -0.25) is 20.0 Å². The van der Waals surface area contributed by atoms with Crippen LogP contribution in [0.25, 0.3) is 10.9 Å². The van der Waals surface area contributed by atoms with Crippen LogP contribution in [-0.4, -0.2) is 44.5 Å². The molecule has 3 atom stereocenters. The molecule has 2 aromatic heterocycles. The van der Waals surface area contributed by atoms with Crippen molar-refractivity contribution in [1.82, 2.24) is 14.5 Å². The molecule has 0 saturated carbocycles. The van der Waals surface area contributed by atoms with Gasteiger partial charge in [0.25, 0.3) is 0 Å². The van der Waals surface area contributed by atoms with Crippen LogP contribution in [0.2, 0.25) is 0 Å². The summed E-state index contributed by atoms with van der Waals surface area (Å²) >= 11 is 0. The van der Waals surface area contributed by atoms with Crippen molar-refractivity contribution in [3.63, 3.8) is 0 Å². The SMILES string of the molecule is NC(Cc1c[nH]c2ccccc12)C(=O)OCC1CCC(n2ccc(NO)nc2=O)O1. The zero-order valence-electron chi connectivity index (χ0n) is 16.2. The number of ether oxygens (including phenoxy) is 2. The van der Waals surface area contributed by atoms with Crippen molar-refractivity contribution >= 4 is 22.7 Å². The first kappa shape index (κ1) is 20.1. The van der Waals surface area contributed by atoms with Gasteiger partial charge in [-0.05, 0) is 30.5 Å². The monoisotopic (exact) mass is 413 g/mol. The minimum Gasteiger partial charge on any atom is -0.462 e. The molecule has 4 rings (SSSR count). The second kappa shape index (κ2) is 8.66. The number of carbonyl (C=O) groups excluding carboxylic acids is 1. The maximum atomic E-state index is 12.3. The fraction of sp³-hybridized carbons (Fsp3) is 0.350. The third kappa shape index (κ3) is 4.20. The van der Waals surface area contributed by atoms with Crippen molar-refractivity contribution in [2.24, 2.45) is 5.73 Å². The fourth-order valence-corrected chi connectivity index (χ4v) is 3.61. The van der Waals surface area contributed by atoms with Gasteiger partial charge in [-0.2, -0.15) is 4.98 Å². The number of para-hydroxylation sites is 1. The van der Waals surface area contributed by atoms with Crippen LogP contribution in [0.4, 0.5) is 5.82 Å². The molecule has 1 aliphatic heterocycles. The third-order valence-electron chi connectivity index (χ3n) is 5.17. The smallest absolute Gasteiger partial charge is 0.351 e. The van der Waals surface area contributed by atoms with E-state index in [9.17, 15) is 9.59 Å². The van der Waals surface area contributed by atoms with Gasteiger partial charge in [0.05, 0.1) is 6.10 Å². The number of hydrogen-bond acceptors (Lipinski definition) is 8. The van der Waals surface area contributed by atoms with Gasteiger partial charge in [0.2, 0.25) is 0 Å². The minimum absolute atomic E-state index is 0.0592. The van der Waals surface area contributed by atoms with Gasteiger partial charge in [0.1, 0.15) is 18.9 Å². The maximum Gasteiger partial charge on any atom is 0.351 e. The lowest BCUT2D eigenvalue weighted by atomic mass is 10.1. The van der Waals surface area contributed by atoms with E-state index in [0.717, 1.165) is 16.5 Å². The number of nitrogens with one attached hydrogen (secondary N) is 2. The number of hydrogen-bond donors (Lipinski definition) is 4. The number of rotatable bonds is 7. The number of carbonyl (C=O) groups is 1. The average molecular weight is 413 g/mol. The molecule has 3 unspecified atom stereocenters. The Morgan fingerprint density at radius 1 is 1.40 bits per heavy atom. The van der Waals surface area contributed by atoms with E-state index in [-0.39, 0.29) is 18.5 Å². The maximum absolute atomic E-state index is 12.3. The number of H-pyrrole nitrogens is 1. The van der Waals surface area contributed by atoms with Gasteiger partial charge < -0.3 is 20.2 Å². The summed E-state index contributed by atoms with van der Waals surface area (Å²) in [5.74, 6) is -0.437. The third-order valence-corrected chi connectivity index (χ3v) is 5.17. The number of anilines is 1. The summed E-state index contributed by atoms with van der Waals surface area (Å²) in [6, 6.07) is 8.49. The van der Waals surface area contributed by atoms with E-state index in [0.29, 0.717) is 19.3 Å². The summed E-state index contributed by atoms with van der Waals surface area (Å²) in [7, 11) is 0. The highest BCUT2D eigenvalue weighted by molar-refractivity contribution is 5.84. The molecule has 5 N–H and O–H groups in total. The van der Waals surface area contributed by atoms with E-state index in [1.54, 1.807) is 0 Å². The van der Waals surface area contributed by atoms with Gasteiger partial charge >= 0.3 is 11.7 Å². The number of aromatic amines is 1. The van der Waals surface area contributed by atoms with Crippen LogP contribution >= 0.6 is 0 Å². The summed E-state index contributed by atoms with van der Waals surface area (Å²) in [5, 5.41) is 9.84. The van der Waals surface area contributed by atoms with Crippen LogP contribution in [0.5, 0.6) is 0 Å². The minimum atomic E-state index is -0.785. The summed E-state index contributed by atoms with van der Waals surface area (Å²) in [4.78, 5) is 31.2. The Bertz CT molecular complexity index is 1090. The first-order chi connectivity index (χ1) is 14.5. The van der Waals surface area contributed by atoms with Crippen LogP contribution < -0.4 is 16.9 Å². The first-order valence-electron chi connectivity index (χ1n) is 9.67. The zero-order chi connectivity index (χ0) is 21.1. The molecule has 0 spiro atoms. The fourth-order valence-electron chi connectivity index (χ4n) is 3.61. The van der Waals surface area contributed by atoms with Gasteiger partial charge in [0.15, 0.2) is 5.82 Å².